The van der Waals surface area contributed by atoms with Gasteiger partial charge in [-0.15, -0.1) is 0 Å². The zero-order valence-electron chi connectivity index (χ0n) is 24.2. The van der Waals surface area contributed by atoms with E-state index in [0.717, 1.165) is 19.3 Å². The van der Waals surface area contributed by atoms with Crippen LogP contribution in [0.4, 0.5) is 0 Å². The van der Waals surface area contributed by atoms with Gasteiger partial charge in [-0.25, -0.2) is 4.79 Å². The van der Waals surface area contributed by atoms with Crippen LogP contribution in [-0.2, 0) is 33.4 Å². The van der Waals surface area contributed by atoms with E-state index in [2.05, 4.69) is 22.9 Å². The first-order valence-electron chi connectivity index (χ1n) is 14.7. The molecule has 0 aromatic carbocycles. The van der Waals surface area contributed by atoms with Crippen LogP contribution in [0.5, 0.6) is 0 Å². The Bertz CT molecular complexity index is 648. The minimum Gasteiger partial charge on any atom is -0.480 e. The molecule has 0 heterocycles. The first kappa shape index (κ1) is 36.8. The van der Waals surface area contributed by atoms with E-state index < -0.39 is 12.0 Å². The first-order chi connectivity index (χ1) is 18.9. The van der Waals surface area contributed by atoms with Crippen LogP contribution in [0, 0.1) is 0 Å². The van der Waals surface area contributed by atoms with Crippen molar-refractivity contribution in [2.75, 3.05) is 52.7 Å². The molecule has 0 aromatic heterocycles. The Morgan fingerprint density at radius 1 is 0.641 bits per heavy atom. The van der Waals surface area contributed by atoms with Crippen LogP contribution in [0.15, 0.2) is 0 Å². The van der Waals surface area contributed by atoms with E-state index >= 15 is 0 Å². The Balaban J connectivity index is 3.75. The van der Waals surface area contributed by atoms with Crippen molar-refractivity contribution in [1.82, 2.24) is 16.0 Å². The van der Waals surface area contributed by atoms with Gasteiger partial charge in [0, 0.05) is 32.5 Å². The van der Waals surface area contributed by atoms with Crippen LogP contribution in [0.3, 0.4) is 0 Å². The summed E-state index contributed by atoms with van der Waals surface area (Å²) in [5, 5.41) is 17.2. The molecule has 4 N–H and O–H groups in total. The molecule has 0 radical (unpaired) electrons. The van der Waals surface area contributed by atoms with Crippen molar-refractivity contribution >= 4 is 23.7 Å². The molecule has 3 amide bonds. The Kier molecular flexibility index (Phi) is 25.8. The van der Waals surface area contributed by atoms with E-state index in [-0.39, 0.29) is 63.5 Å². The maximum atomic E-state index is 12.1. The van der Waals surface area contributed by atoms with Gasteiger partial charge >= 0.3 is 5.97 Å². The molecule has 0 aromatic rings. The van der Waals surface area contributed by atoms with Gasteiger partial charge in [-0.2, -0.15) is 0 Å². The molecule has 0 spiro atoms. The zero-order chi connectivity index (χ0) is 29.0. The summed E-state index contributed by atoms with van der Waals surface area (Å²) in [5.74, 6) is -1.98. The number of ether oxygens (including phenoxy) is 3. The highest BCUT2D eigenvalue weighted by molar-refractivity contribution is 5.84. The average molecular weight is 560 g/mol. The normalized spacial score (nSPS) is 11.6. The minimum absolute atomic E-state index is 0.0168. The van der Waals surface area contributed by atoms with Crippen molar-refractivity contribution in [2.24, 2.45) is 0 Å². The smallest absolute Gasteiger partial charge is 0.326 e. The van der Waals surface area contributed by atoms with Gasteiger partial charge in [-0.3, -0.25) is 14.4 Å². The number of unbranched alkanes of at least 4 members (excludes halogenated alkanes) is 9. The van der Waals surface area contributed by atoms with Gasteiger partial charge in [0.05, 0.1) is 26.4 Å². The molecule has 0 bridgehead atoms. The van der Waals surface area contributed by atoms with Gasteiger partial charge in [0.2, 0.25) is 17.7 Å². The molecule has 0 unspecified atom stereocenters. The Morgan fingerprint density at radius 3 is 1.82 bits per heavy atom. The van der Waals surface area contributed by atoms with E-state index in [1.165, 1.54) is 44.9 Å². The maximum Gasteiger partial charge on any atom is 0.326 e. The predicted molar refractivity (Wildman–Crippen MR) is 149 cm³/mol. The minimum atomic E-state index is -1.15. The second-order valence-corrected chi connectivity index (χ2v) is 9.49. The summed E-state index contributed by atoms with van der Waals surface area (Å²) in [4.78, 5) is 47.1. The number of hydrogen-bond acceptors (Lipinski definition) is 7. The maximum absolute atomic E-state index is 12.1. The van der Waals surface area contributed by atoms with Crippen molar-refractivity contribution in [3.05, 3.63) is 0 Å². The summed E-state index contributed by atoms with van der Waals surface area (Å²) in [6, 6.07) is -1.09. The van der Waals surface area contributed by atoms with Crippen LogP contribution in [-0.4, -0.2) is 87.6 Å². The molecule has 0 aliphatic heterocycles. The fourth-order valence-electron chi connectivity index (χ4n) is 3.77. The summed E-state index contributed by atoms with van der Waals surface area (Å²) < 4.78 is 15.7. The van der Waals surface area contributed by atoms with E-state index in [1.807, 2.05) is 6.92 Å². The Hall–Kier alpha value is -2.24. The quantitative estimate of drug-likeness (QED) is 0.107. The van der Waals surface area contributed by atoms with Crippen LogP contribution in [0.25, 0.3) is 0 Å². The third-order valence-electron chi connectivity index (χ3n) is 6.00. The van der Waals surface area contributed by atoms with Gasteiger partial charge in [-0.05, 0) is 19.8 Å². The van der Waals surface area contributed by atoms with Crippen LogP contribution >= 0.6 is 0 Å². The van der Waals surface area contributed by atoms with Crippen LogP contribution < -0.4 is 16.0 Å². The highest BCUT2D eigenvalue weighted by Gasteiger charge is 2.20. The topological polar surface area (TPSA) is 152 Å². The van der Waals surface area contributed by atoms with Crippen LogP contribution in [0.1, 0.15) is 97.3 Å². The largest absolute Gasteiger partial charge is 0.480 e. The van der Waals surface area contributed by atoms with Gasteiger partial charge < -0.3 is 35.3 Å². The molecule has 1 atom stereocenters. The highest BCUT2D eigenvalue weighted by Crippen LogP contribution is 2.11. The van der Waals surface area contributed by atoms with Gasteiger partial charge in [-0.1, -0.05) is 64.7 Å². The van der Waals surface area contributed by atoms with E-state index in [0.29, 0.717) is 26.2 Å². The van der Waals surface area contributed by atoms with Crippen LogP contribution in [0.2, 0.25) is 0 Å². The number of carbonyl (C=O) groups is 4. The fraction of sp³-hybridized carbons (Fsp3) is 0.857. The number of aliphatic carboxylic acids is 1. The number of carbonyl (C=O) groups excluding carboxylic acids is 3. The number of rotatable bonds is 28. The number of amides is 3. The predicted octanol–water partition coefficient (Wildman–Crippen LogP) is 2.95. The zero-order valence-corrected chi connectivity index (χ0v) is 24.2. The second-order valence-electron chi connectivity index (χ2n) is 9.49. The van der Waals surface area contributed by atoms with E-state index in [9.17, 15) is 24.3 Å². The molecule has 0 fully saturated rings. The molecule has 0 aliphatic rings. The van der Waals surface area contributed by atoms with E-state index in [4.69, 9.17) is 14.2 Å². The number of hydrogen-bond donors (Lipinski definition) is 4. The highest BCUT2D eigenvalue weighted by atomic mass is 16.5. The monoisotopic (exact) mass is 559 g/mol. The molecular formula is C28H53N3O8. The lowest BCUT2D eigenvalue weighted by molar-refractivity contribution is -0.142. The third-order valence-corrected chi connectivity index (χ3v) is 6.00. The van der Waals surface area contributed by atoms with Gasteiger partial charge in [0.15, 0.2) is 0 Å². The summed E-state index contributed by atoms with van der Waals surface area (Å²) in [6.07, 6.45) is 11.9. The molecule has 0 aliphatic carbocycles. The second kappa shape index (κ2) is 27.3. The van der Waals surface area contributed by atoms with Crippen molar-refractivity contribution in [1.29, 1.82) is 0 Å². The van der Waals surface area contributed by atoms with Gasteiger partial charge in [0.25, 0.3) is 0 Å². The molecule has 11 heteroatoms. The summed E-state index contributed by atoms with van der Waals surface area (Å²) in [7, 11) is 0. The molecule has 0 saturated carbocycles. The van der Waals surface area contributed by atoms with Crippen molar-refractivity contribution in [3.8, 4) is 0 Å². The Labute approximate surface area is 234 Å². The van der Waals surface area contributed by atoms with Crippen molar-refractivity contribution in [3.63, 3.8) is 0 Å². The van der Waals surface area contributed by atoms with Gasteiger partial charge in [0.1, 0.15) is 12.6 Å². The lowest BCUT2D eigenvalue weighted by atomic mass is 10.1. The molecular weight excluding hydrogens is 506 g/mol. The number of carboxylic acid groups (broad SMARTS) is 1. The summed E-state index contributed by atoms with van der Waals surface area (Å²) in [5.41, 5.74) is 0. The lowest BCUT2D eigenvalue weighted by Gasteiger charge is -2.14. The van der Waals surface area contributed by atoms with Crippen molar-refractivity contribution < 1.29 is 38.5 Å². The average Bonchev–Trinajstić information content (AvgIpc) is 2.91. The third kappa shape index (κ3) is 25.8. The Morgan fingerprint density at radius 2 is 1.21 bits per heavy atom. The summed E-state index contributed by atoms with van der Waals surface area (Å²) >= 11 is 0. The standard InChI is InChI=1S/C28H53N3O8/c1-3-5-6-7-8-9-10-11-12-13-14-26(33)31-24(28(35)36)15-16-25(32)29-18-20-38-21-22-39-23-27(34)30-17-19-37-4-2/h24H,3-23H2,1-2H3,(H,29,32)(H,30,34)(H,31,33)(H,35,36)/t24-/m0/s1. The molecule has 228 valence electrons. The molecule has 39 heavy (non-hydrogen) atoms. The number of nitrogens with one attached hydrogen (secondary N) is 3. The lowest BCUT2D eigenvalue weighted by Crippen LogP contribution is -2.41. The molecule has 11 nitrogen and oxygen atoms in total. The SMILES string of the molecule is CCCCCCCCCCCCC(=O)N[C@@H](CCC(=O)NCCOCCOCC(=O)NCCOCC)C(=O)O. The first-order valence-corrected chi connectivity index (χ1v) is 14.7. The summed E-state index contributed by atoms with van der Waals surface area (Å²) in [6.45, 7) is 6.56. The van der Waals surface area contributed by atoms with Crippen molar-refractivity contribution in [2.45, 2.75) is 103 Å². The fourth-order valence-corrected chi connectivity index (χ4v) is 3.77. The molecule has 0 saturated heterocycles. The molecule has 0 rings (SSSR count). The number of carboxylic acids is 1. The van der Waals surface area contributed by atoms with E-state index in [1.54, 1.807) is 0 Å².